The summed E-state index contributed by atoms with van der Waals surface area (Å²) in [5.74, 6) is 0.493. The summed E-state index contributed by atoms with van der Waals surface area (Å²) in [5, 5.41) is 0. The Morgan fingerprint density at radius 3 is 2.05 bits per heavy atom. The lowest BCUT2D eigenvalue weighted by Crippen LogP contribution is -2.02. The molecular weight excluding hydrogens is 284 g/mol. The van der Waals surface area contributed by atoms with Crippen LogP contribution in [0.3, 0.4) is 0 Å². The van der Waals surface area contributed by atoms with Crippen LogP contribution in [0.25, 0.3) is 0 Å². The first kappa shape index (κ1) is 18.2. The van der Waals surface area contributed by atoms with Crippen LogP contribution in [0.15, 0.2) is 29.2 Å². The average molecular weight is 312 g/mol. The number of unbranched alkanes of at least 4 members (excludes halogenated alkanes) is 4. The third-order valence-electron chi connectivity index (χ3n) is 3.94. The van der Waals surface area contributed by atoms with Crippen molar-refractivity contribution in [1.82, 2.24) is 0 Å². The van der Waals surface area contributed by atoms with Gasteiger partial charge in [-0.1, -0.05) is 64.5 Å². The summed E-state index contributed by atoms with van der Waals surface area (Å²) < 4.78 is 31.2. The Hall–Kier alpha value is -0.870. The van der Waals surface area contributed by atoms with Crippen LogP contribution in [0.4, 0.5) is 0 Å². The van der Waals surface area contributed by atoms with Crippen LogP contribution in [0, 0.1) is 0 Å². The van der Waals surface area contributed by atoms with E-state index in [0.29, 0.717) is 5.92 Å². The van der Waals surface area contributed by atoms with Crippen LogP contribution in [0.2, 0.25) is 0 Å². The fraction of sp³-hybridized carbons (Fsp3) is 0.647. The third kappa shape index (κ3) is 6.62. The van der Waals surface area contributed by atoms with Crippen LogP contribution in [-0.2, 0) is 10.1 Å². The number of benzene rings is 1. The van der Waals surface area contributed by atoms with E-state index in [-0.39, 0.29) is 4.90 Å². The second kappa shape index (κ2) is 9.21. The highest BCUT2D eigenvalue weighted by atomic mass is 32.2. The highest BCUT2D eigenvalue weighted by Gasteiger charge is 2.13. The van der Waals surface area contributed by atoms with Gasteiger partial charge in [0.15, 0.2) is 0 Å². The van der Waals surface area contributed by atoms with E-state index in [0.717, 1.165) is 19.3 Å². The van der Waals surface area contributed by atoms with Crippen molar-refractivity contribution in [2.45, 2.75) is 76.0 Å². The van der Waals surface area contributed by atoms with Gasteiger partial charge in [-0.3, -0.25) is 4.55 Å². The summed E-state index contributed by atoms with van der Waals surface area (Å²) >= 11 is 0. The topological polar surface area (TPSA) is 54.4 Å². The zero-order valence-corrected chi connectivity index (χ0v) is 14.0. The van der Waals surface area contributed by atoms with Gasteiger partial charge in [0.1, 0.15) is 0 Å². The summed E-state index contributed by atoms with van der Waals surface area (Å²) in [6, 6.07) is 6.69. The summed E-state index contributed by atoms with van der Waals surface area (Å²) in [6.45, 7) is 4.40. The van der Waals surface area contributed by atoms with Crippen LogP contribution >= 0.6 is 0 Å². The van der Waals surface area contributed by atoms with Crippen molar-refractivity contribution in [3.05, 3.63) is 29.8 Å². The van der Waals surface area contributed by atoms with Gasteiger partial charge in [0.05, 0.1) is 4.90 Å². The molecule has 0 heterocycles. The Morgan fingerprint density at radius 2 is 1.52 bits per heavy atom. The lowest BCUT2D eigenvalue weighted by molar-refractivity contribution is 0.483. The van der Waals surface area contributed by atoms with Crippen molar-refractivity contribution < 1.29 is 13.0 Å². The standard InChI is InChI=1S/C17H28O3S/c1-3-5-6-7-8-10-15(9-4-2)16-11-13-17(14-12-16)21(18,19)20/h11-15H,3-10H2,1-2H3,(H,18,19,20). The van der Waals surface area contributed by atoms with Crippen molar-refractivity contribution in [2.75, 3.05) is 0 Å². The minimum Gasteiger partial charge on any atom is -0.282 e. The van der Waals surface area contributed by atoms with E-state index in [1.807, 2.05) is 12.1 Å². The molecule has 0 fully saturated rings. The number of hydrogen-bond acceptors (Lipinski definition) is 2. The molecule has 0 saturated heterocycles. The molecule has 1 unspecified atom stereocenters. The highest BCUT2D eigenvalue weighted by molar-refractivity contribution is 7.85. The molecule has 0 bridgehead atoms. The van der Waals surface area contributed by atoms with E-state index >= 15 is 0 Å². The SMILES string of the molecule is CCCCCCCC(CCC)c1ccc(S(=O)(=O)O)cc1. The first-order valence-corrected chi connectivity index (χ1v) is 9.50. The molecule has 0 amide bonds. The lowest BCUT2D eigenvalue weighted by atomic mass is 9.89. The fourth-order valence-electron chi connectivity index (χ4n) is 2.73. The van der Waals surface area contributed by atoms with E-state index in [1.54, 1.807) is 0 Å². The Kier molecular flexibility index (Phi) is 7.97. The van der Waals surface area contributed by atoms with Gasteiger partial charge in [0.2, 0.25) is 0 Å². The normalized spacial score (nSPS) is 13.3. The van der Waals surface area contributed by atoms with Crippen molar-refractivity contribution in [2.24, 2.45) is 0 Å². The van der Waals surface area contributed by atoms with Crippen LogP contribution < -0.4 is 0 Å². The minimum absolute atomic E-state index is 0.0237. The van der Waals surface area contributed by atoms with Gasteiger partial charge in [-0.2, -0.15) is 8.42 Å². The van der Waals surface area contributed by atoms with Gasteiger partial charge in [-0.05, 0) is 36.5 Å². The molecule has 4 heteroatoms. The fourth-order valence-corrected chi connectivity index (χ4v) is 3.21. The third-order valence-corrected chi connectivity index (χ3v) is 4.81. The summed E-state index contributed by atoms with van der Waals surface area (Å²) in [4.78, 5) is -0.0237. The molecule has 0 aromatic heterocycles. The lowest BCUT2D eigenvalue weighted by Gasteiger charge is -2.17. The molecular formula is C17H28O3S. The highest BCUT2D eigenvalue weighted by Crippen LogP contribution is 2.28. The quantitative estimate of drug-likeness (QED) is 0.478. The summed E-state index contributed by atoms with van der Waals surface area (Å²) in [6.07, 6.45) is 9.78. The molecule has 0 aliphatic heterocycles. The first-order chi connectivity index (χ1) is 9.99. The van der Waals surface area contributed by atoms with Crippen molar-refractivity contribution in [3.8, 4) is 0 Å². The molecule has 120 valence electrons. The van der Waals surface area contributed by atoms with E-state index in [9.17, 15) is 8.42 Å². The van der Waals surface area contributed by atoms with E-state index < -0.39 is 10.1 Å². The zero-order valence-electron chi connectivity index (χ0n) is 13.2. The van der Waals surface area contributed by atoms with Crippen molar-refractivity contribution in [1.29, 1.82) is 0 Å². The van der Waals surface area contributed by atoms with Gasteiger partial charge < -0.3 is 0 Å². The average Bonchev–Trinajstić information content (AvgIpc) is 2.45. The number of rotatable bonds is 10. The Labute approximate surface area is 129 Å². The molecule has 0 radical (unpaired) electrons. The largest absolute Gasteiger partial charge is 0.294 e. The van der Waals surface area contributed by atoms with E-state index in [1.165, 1.54) is 49.8 Å². The van der Waals surface area contributed by atoms with Crippen LogP contribution in [0.5, 0.6) is 0 Å². The van der Waals surface area contributed by atoms with Crippen molar-refractivity contribution in [3.63, 3.8) is 0 Å². The van der Waals surface area contributed by atoms with Gasteiger partial charge in [-0.25, -0.2) is 0 Å². The van der Waals surface area contributed by atoms with Gasteiger partial charge >= 0.3 is 0 Å². The predicted octanol–water partition coefficient (Wildman–Crippen LogP) is 5.18. The molecule has 1 N–H and O–H groups in total. The summed E-state index contributed by atoms with van der Waals surface area (Å²) in [7, 11) is -4.08. The molecule has 21 heavy (non-hydrogen) atoms. The second-order valence-electron chi connectivity index (χ2n) is 5.73. The Morgan fingerprint density at radius 1 is 0.905 bits per heavy atom. The molecule has 0 aliphatic carbocycles. The second-order valence-corrected chi connectivity index (χ2v) is 7.15. The molecule has 1 aromatic rings. The monoisotopic (exact) mass is 312 g/mol. The molecule has 0 aliphatic rings. The van der Waals surface area contributed by atoms with Gasteiger partial charge in [0, 0.05) is 0 Å². The number of hydrogen-bond donors (Lipinski definition) is 1. The molecule has 0 spiro atoms. The molecule has 0 saturated carbocycles. The van der Waals surface area contributed by atoms with Gasteiger partial charge in [0.25, 0.3) is 10.1 Å². The molecule has 1 atom stereocenters. The minimum atomic E-state index is -4.08. The summed E-state index contributed by atoms with van der Waals surface area (Å²) in [5.41, 5.74) is 1.18. The van der Waals surface area contributed by atoms with Crippen LogP contribution in [-0.4, -0.2) is 13.0 Å². The first-order valence-electron chi connectivity index (χ1n) is 8.06. The maximum atomic E-state index is 11.1. The molecule has 1 rings (SSSR count). The molecule has 3 nitrogen and oxygen atoms in total. The van der Waals surface area contributed by atoms with Gasteiger partial charge in [-0.15, -0.1) is 0 Å². The molecule has 1 aromatic carbocycles. The van der Waals surface area contributed by atoms with E-state index in [4.69, 9.17) is 4.55 Å². The maximum absolute atomic E-state index is 11.1. The Bertz CT molecular complexity index is 491. The predicted molar refractivity (Wildman–Crippen MR) is 87.3 cm³/mol. The smallest absolute Gasteiger partial charge is 0.282 e. The maximum Gasteiger partial charge on any atom is 0.294 e. The van der Waals surface area contributed by atoms with E-state index in [2.05, 4.69) is 13.8 Å². The Balaban J connectivity index is 2.63. The van der Waals surface area contributed by atoms with Crippen molar-refractivity contribution >= 4 is 10.1 Å². The van der Waals surface area contributed by atoms with Crippen LogP contribution in [0.1, 0.15) is 76.7 Å². The zero-order chi connectivity index (χ0) is 15.7.